The van der Waals surface area contributed by atoms with E-state index >= 15 is 0 Å². The van der Waals surface area contributed by atoms with Crippen LogP contribution in [-0.4, -0.2) is 27.9 Å². The summed E-state index contributed by atoms with van der Waals surface area (Å²) in [5.74, 6) is 0.417. The van der Waals surface area contributed by atoms with Gasteiger partial charge in [0.25, 0.3) is 10.0 Å². The van der Waals surface area contributed by atoms with Crippen molar-refractivity contribution in [3.05, 3.63) is 53.1 Å². The van der Waals surface area contributed by atoms with Crippen LogP contribution in [0, 0.1) is 0 Å². The summed E-state index contributed by atoms with van der Waals surface area (Å²) in [5.41, 5.74) is 0.727. The van der Waals surface area contributed by atoms with E-state index in [0.29, 0.717) is 22.0 Å². The monoisotopic (exact) mass is 351 g/mol. The highest BCUT2D eigenvalue weighted by Gasteiger charge is 2.32. The summed E-state index contributed by atoms with van der Waals surface area (Å²) in [6.07, 6.45) is 0.145. The first kappa shape index (κ1) is 15.8. The molecule has 23 heavy (non-hydrogen) atoms. The topological polar surface area (TPSA) is 63.7 Å². The summed E-state index contributed by atoms with van der Waals surface area (Å²) in [5, 5.41) is 0.458. The third-order valence-corrected chi connectivity index (χ3v) is 5.80. The molecule has 120 valence electrons. The van der Waals surface area contributed by atoms with Crippen LogP contribution in [-0.2, 0) is 10.0 Å². The van der Waals surface area contributed by atoms with E-state index in [2.05, 4.69) is 0 Å². The van der Waals surface area contributed by atoms with Crippen LogP contribution in [0.1, 0.15) is 16.8 Å². The number of rotatable bonds is 3. The second-order valence-corrected chi connectivity index (χ2v) is 7.39. The van der Waals surface area contributed by atoms with E-state index in [1.165, 1.54) is 35.7 Å². The molecule has 1 aliphatic heterocycles. The number of carbonyl (C=O) groups is 1. The van der Waals surface area contributed by atoms with Crippen molar-refractivity contribution < 1.29 is 17.9 Å². The van der Waals surface area contributed by atoms with E-state index in [0.717, 1.165) is 0 Å². The van der Waals surface area contributed by atoms with Gasteiger partial charge in [-0.3, -0.25) is 9.10 Å². The SMILES string of the molecule is COc1ccc2c(c1)N(S(=O)(=O)c1ccc(Cl)cc1)CCC2=O. The Kier molecular flexibility index (Phi) is 4.04. The summed E-state index contributed by atoms with van der Waals surface area (Å²) in [6, 6.07) is 10.8. The Balaban J connectivity index is 2.12. The van der Waals surface area contributed by atoms with Gasteiger partial charge in [0.05, 0.1) is 17.7 Å². The van der Waals surface area contributed by atoms with Crippen molar-refractivity contribution in [2.24, 2.45) is 0 Å². The summed E-state index contributed by atoms with van der Waals surface area (Å²) in [4.78, 5) is 12.2. The molecule has 2 aromatic rings. The third-order valence-electron chi connectivity index (χ3n) is 3.72. The van der Waals surface area contributed by atoms with E-state index in [-0.39, 0.29) is 23.6 Å². The first-order chi connectivity index (χ1) is 10.9. The zero-order valence-electron chi connectivity index (χ0n) is 12.3. The zero-order chi connectivity index (χ0) is 16.6. The minimum atomic E-state index is -3.77. The quantitative estimate of drug-likeness (QED) is 0.852. The van der Waals surface area contributed by atoms with Crippen LogP contribution in [0.5, 0.6) is 5.75 Å². The van der Waals surface area contributed by atoms with Gasteiger partial charge in [0.2, 0.25) is 0 Å². The van der Waals surface area contributed by atoms with Gasteiger partial charge in [-0.2, -0.15) is 0 Å². The normalized spacial score (nSPS) is 14.5. The number of nitrogens with zero attached hydrogens (tertiary/aromatic N) is 1. The largest absolute Gasteiger partial charge is 0.497 e. The Morgan fingerprint density at radius 3 is 2.48 bits per heavy atom. The van der Waals surface area contributed by atoms with Crippen LogP contribution in [0.3, 0.4) is 0 Å². The van der Waals surface area contributed by atoms with Crippen molar-refractivity contribution >= 4 is 33.1 Å². The number of hydrogen-bond acceptors (Lipinski definition) is 4. The number of hydrogen-bond donors (Lipinski definition) is 0. The van der Waals surface area contributed by atoms with Crippen molar-refractivity contribution in [3.63, 3.8) is 0 Å². The number of sulfonamides is 1. The molecule has 0 unspecified atom stereocenters. The average molecular weight is 352 g/mol. The Morgan fingerprint density at radius 1 is 1.13 bits per heavy atom. The van der Waals surface area contributed by atoms with Gasteiger partial charge in [-0.1, -0.05) is 11.6 Å². The molecule has 0 N–H and O–H groups in total. The standard InChI is InChI=1S/C16H14ClNO4S/c1-22-12-4-7-14-15(10-12)18(9-8-16(14)19)23(20,21)13-5-2-11(17)3-6-13/h2-7,10H,8-9H2,1H3. The van der Waals surface area contributed by atoms with Crippen LogP contribution in [0.15, 0.2) is 47.4 Å². The highest BCUT2D eigenvalue weighted by Crippen LogP contribution is 2.34. The molecule has 0 fully saturated rings. The van der Waals surface area contributed by atoms with Crippen molar-refractivity contribution in [3.8, 4) is 5.75 Å². The Bertz CT molecular complexity index is 862. The van der Waals surface area contributed by atoms with Gasteiger partial charge in [-0.15, -0.1) is 0 Å². The lowest BCUT2D eigenvalue weighted by Crippen LogP contribution is -2.37. The highest BCUT2D eigenvalue weighted by molar-refractivity contribution is 7.92. The molecule has 1 heterocycles. The van der Waals surface area contributed by atoms with E-state index in [1.807, 2.05) is 0 Å². The van der Waals surface area contributed by atoms with Gasteiger partial charge < -0.3 is 4.74 Å². The van der Waals surface area contributed by atoms with Gasteiger partial charge in [0.15, 0.2) is 5.78 Å². The van der Waals surface area contributed by atoms with E-state index < -0.39 is 10.0 Å². The fourth-order valence-corrected chi connectivity index (χ4v) is 4.12. The van der Waals surface area contributed by atoms with Crippen molar-refractivity contribution in [1.82, 2.24) is 0 Å². The molecule has 5 nitrogen and oxygen atoms in total. The fraction of sp³-hybridized carbons (Fsp3) is 0.188. The molecule has 0 saturated heterocycles. The Morgan fingerprint density at radius 2 is 1.83 bits per heavy atom. The number of Topliss-reactive ketones (excluding diaryl/α,β-unsaturated/α-hetero) is 1. The molecule has 0 saturated carbocycles. The molecule has 0 bridgehead atoms. The van der Waals surface area contributed by atoms with Gasteiger partial charge in [0.1, 0.15) is 5.75 Å². The van der Waals surface area contributed by atoms with Gasteiger partial charge in [0, 0.05) is 29.6 Å². The predicted molar refractivity (Wildman–Crippen MR) is 87.9 cm³/mol. The summed E-state index contributed by atoms with van der Waals surface area (Å²) in [6.45, 7) is 0.101. The fourth-order valence-electron chi connectivity index (χ4n) is 2.52. The average Bonchev–Trinajstić information content (AvgIpc) is 2.55. The van der Waals surface area contributed by atoms with E-state index in [9.17, 15) is 13.2 Å². The Hall–Kier alpha value is -2.05. The first-order valence-electron chi connectivity index (χ1n) is 6.93. The first-order valence-corrected chi connectivity index (χ1v) is 8.75. The number of ketones is 1. The number of fused-ring (bicyclic) bond motifs is 1. The maximum absolute atomic E-state index is 12.9. The smallest absolute Gasteiger partial charge is 0.264 e. The van der Waals surface area contributed by atoms with Crippen LogP contribution in [0.25, 0.3) is 0 Å². The van der Waals surface area contributed by atoms with E-state index in [1.54, 1.807) is 18.2 Å². The van der Waals surface area contributed by atoms with E-state index in [4.69, 9.17) is 16.3 Å². The summed E-state index contributed by atoms with van der Waals surface area (Å²) < 4.78 is 32.2. The lowest BCUT2D eigenvalue weighted by Gasteiger charge is -2.30. The highest BCUT2D eigenvalue weighted by atomic mass is 35.5. The third kappa shape index (κ3) is 2.80. The van der Waals surface area contributed by atoms with Crippen LogP contribution in [0.4, 0.5) is 5.69 Å². The number of ether oxygens (including phenoxy) is 1. The van der Waals surface area contributed by atoms with Crippen LogP contribution >= 0.6 is 11.6 Å². The molecule has 1 aliphatic rings. The predicted octanol–water partition coefficient (Wildman–Crippen LogP) is 3.13. The zero-order valence-corrected chi connectivity index (χ0v) is 13.9. The number of anilines is 1. The molecule has 3 rings (SSSR count). The molecular formula is C16H14ClNO4S. The molecule has 0 radical (unpaired) electrons. The second-order valence-electron chi connectivity index (χ2n) is 5.09. The Labute approximate surface area is 139 Å². The number of carbonyl (C=O) groups excluding carboxylic acids is 1. The molecule has 0 amide bonds. The maximum Gasteiger partial charge on any atom is 0.264 e. The lowest BCUT2D eigenvalue weighted by atomic mass is 10.0. The summed E-state index contributed by atoms with van der Waals surface area (Å²) >= 11 is 5.82. The molecule has 0 spiro atoms. The minimum Gasteiger partial charge on any atom is -0.497 e. The van der Waals surface area contributed by atoms with Crippen molar-refractivity contribution in [1.29, 1.82) is 0 Å². The molecule has 0 atom stereocenters. The number of halogens is 1. The van der Waals surface area contributed by atoms with Gasteiger partial charge >= 0.3 is 0 Å². The number of benzene rings is 2. The molecule has 2 aromatic carbocycles. The van der Waals surface area contributed by atoms with Crippen LogP contribution < -0.4 is 9.04 Å². The van der Waals surface area contributed by atoms with Crippen molar-refractivity contribution in [2.75, 3.05) is 18.0 Å². The van der Waals surface area contributed by atoms with Gasteiger partial charge in [-0.25, -0.2) is 8.42 Å². The summed E-state index contributed by atoms with van der Waals surface area (Å²) in [7, 11) is -2.28. The maximum atomic E-state index is 12.9. The minimum absolute atomic E-state index is 0.0785. The lowest BCUT2D eigenvalue weighted by molar-refractivity contribution is 0.0982. The molecule has 0 aliphatic carbocycles. The number of methoxy groups -OCH3 is 1. The molecule has 0 aromatic heterocycles. The molecular weight excluding hydrogens is 338 g/mol. The van der Waals surface area contributed by atoms with Crippen LogP contribution in [0.2, 0.25) is 5.02 Å². The van der Waals surface area contributed by atoms with Gasteiger partial charge in [-0.05, 0) is 36.4 Å². The second kappa shape index (κ2) is 5.86. The molecule has 7 heteroatoms. The van der Waals surface area contributed by atoms with Crippen molar-refractivity contribution in [2.45, 2.75) is 11.3 Å².